The number of ether oxygens (including phenoxy) is 1. The summed E-state index contributed by atoms with van der Waals surface area (Å²) in [5.41, 5.74) is 1.41. The maximum atomic E-state index is 11.5. The first-order chi connectivity index (χ1) is 9.69. The van der Waals surface area contributed by atoms with Crippen molar-refractivity contribution in [1.82, 2.24) is 0 Å². The lowest BCUT2D eigenvalue weighted by Gasteiger charge is -2.15. The van der Waals surface area contributed by atoms with E-state index in [4.69, 9.17) is 4.74 Å². The van der Waals surface area contributed by atoms with E-state index in [0.717, 1.165) is 25.0 Å². The molecular formula is C17H24O2S. The average molecular weight is 292 g/mol. The molecule has 0 bridgehead atoms. The second-order valence-corrected chi connectivity index (χ2v) is 6.81. The molecule has 2 rings (SSSR count). The zero-order valence-corrected chi connectivity index (χ0v) is 13.4. The summed E-state index contributed by atoms with van der Waals surface area (Å²) in [6.07, 6.45) is 3.24. The van der Waals surface area contributed by atoms with Crippen LogP contribution < -0.4 is 0 Å². The lowest BCUT2D eigenvalue weighted by Crippen LogP contribution is -2.06. The standard InChI is InChI=1S/C17H24O2S/c1-4-12(10-14-11-16(14)17(18)19-3)13-6-8-15(9-7-13)20-5-2/h6-9,12,14,16H,4-5,10-11H2,1-3H3. The highest BCUT2D eigenvalue weighted by molar-refractivity contribution is 7.99. The van der Waals surface area contributed by atoms with Crippen molar-refractivity contribution in [3.05, 3.63) is 29.8 Å². The summed E-state index contributed by atoms with van der Waals surface area (Å²) < 4.78 is 4.83. The molecule has 3 heteroatoms. The number of hydrogen-bond acceptors (Lipinski definition) is 3. The Morgan fingerprint density at radius 2 is 2.05 bits per heavy atom. The van der Waals surface area contributed by atoms with Crippen molar-refractivity contribution >= 4 is 17.7 Å². The smallest absolute Gasteiger partial charge is 0.308 e. The van der Waals surface area contributed by atoms with Gasteiger partial charge in [-0.1, -0.05) is 26.0 Å². The molecule has 0 aliphatic heterocycles. The highest BCUT2D eigenvalue weighted by atomic mass is 32.2. The molecular weight excluding hydrogens is 268 g/mol. The number of benzene rings is 1. The molecule has 0 N–H and O–H groups in total. The molecule has 0 radical (unpaired) electrons. The summed E-state index contributed by atoms with van der Waals surface area (Å²) in [4.78, 5) is 12.8. The second-order valence-electron chi connectivity index (χ2n) is 5.47. The fraction of sp³-hybridized carbons (Fsp3) is 0.588. The van der Waals surface area contributed by atoms with Crippen LogP contribution in [0.5, 0.6) is 0 Å². The van der Waals surface area contributed by atoms with Crippen molar-refractivity contribution < 1.29 is 9.53 Å². The molecule has 1 saturated carbocycles. The Hall–Kier alpha value is -0.960. The van der Waals surface area contributed by atoms with E-state index in [1.807, 2.05) is 11.8 Å². The molecule has 0 heterocycles. The zero-order valence-electron chi connectivity index (χ0n) is 12.6. The summed E-state index contributed by atoms with van der Waals surface area (Å²) in [6.45, 7) is 4.41. The third-order valence-electron chi connectivity index (χ3n) is 4.17. The SMILES string of the molecule is CCSc1ccc(C(CC)CC2CC2C(=O)OC)cc1. The topological polar surface area (TPSA) is 26.3 Å². The number of thioether (sulfide) groups is 1. The van der Waals surface area contributed by atoms with Crippen LogP contribution in [0.25, 0.3) is 0 Å². The van der Waals surface area contributed by atoms with Crippen LogP contribution in [-0.2, 0) is 9.53 Å². The van der Waals surface area contributed by atoms with Crippen molar-refractivity contribution in [2.45, 2.75) is 43.9 Å². The Balaban J connectivity index is 1.93. The Morgan fingerprint density at radius 1 is 1.35 bits per heavy atom. The van der Waals surface area contributed by atoms with Gasteiger partial charge in [-0.05, 0) is 54.5 Å². The molecule has 0 saturated heterocycles. The summed E-state index contributed by atoms with van der Waals surface area (Å²) in [6, 6.07) is 8.94. The first-order valence-corrected chi connectivity index (χ1v) is 8.48. The molecule has 0 spiro atoms. The van der Waals surface area contributed by atoms with E-state index in [1.165, 1.54) is 17.6 Å². The Labute approximate surface area is 126 Å². The lowest BCUT2D eigenvalue weighted by molar-refractivity contribution is -0.142. The zero-order chi connectivity index (χ0) is 14.5. The van der Waals surface area contributed by atoms with E-state index in [-0.39, 0.29) is 11.9 Å². The Kier molecular flexibility index (Phi) is 5.53. The molecule has 2 nitrogen and oxygen atoms in total. The molecule has 0 amide bonds. The van der Waals surface area contributed by atoms with Gasteiger partial charge in [0.15, 0.2) is 0 Å². The van der Waals surface area contributed by atoms with Crippen molar-refractivity contribution in [3.63, 3.8) is 0 Å². The number of carbonyl (C=O) groups excluding carboxylic acids is 1. The normalized spacial score (nSPS) is 22.4. The summed E-state index contributed by atoms with van der Waals surface area (Å²) in [5.74, 6) is 2.33. The third kappa shape index (κ3) is 3.78. The minimum Gasteiger partial charge on any atom is -0.469 e. The molecule has 0 aromatic heterocycles. The highest BCUT2D eigenvalue weighted by Gasteiger charge is 2.44. The Morgan fingerprint density at radius 3 is 2.60 bits per heavy atom. The van der Waals surface area contributed by atoms with Gasteiger partial charge in [0.25, 0.3) is 0 Å². The number of methoxy groups -OCH3 is 1. The molecule has 110 valence electrons. The van der Waals surface area contributed by atoms with E-state index >= 15 is 0 Å². The highest BCUT2D eigenvalue weighted by Crippen LogP contribution is 2.46. The monoisotopic (exact) mass is 292 g/mol. The molecule has 3 unspecified atom stereocenters. The van der Waals surface area contributed by atoms with E-state index in [0.29, 0.717) is 11.8 Å². The first kappa shape index (κ1) is 15.4. The lowest BCUT2D eigenvalue weighted by atomic mass is 9.91. The number of hydrogen-bond donors (Lipinski definition) is 0. The summed E-state index contributed by atoms with van der Waals surface area (Å²) >= 11 is 1.88. The molecule has 3 atom stereocenters. The fourth-order valence-corrected chi connectivity index (χ4v) is 3.52. The van der Waals surface area contributed by atoms with E-state index < -0.39 is 0 Å². The minimum absolute atomic E-state index is 0.0282. The first-order valence-electron chi connectivity index (χ1n) is 7.50. The van der Waals surface area contributed by atoms with Crippen LogP contribution in [0.15, 0.2) is 29.2 Å². The summed E-state index contributed by atoms with van der Waals surface area (Å²) in [7, 11) is 1.49. The van der Waals surface area contributed by atoms with Gasteiger partial charge in [-0.25, -0.2) is 0 Å². The van der Waals surface area contributed by atoms with Crippen LogP contribution >= 0.6 is 11.8 Å². The molecule has 1 aliphatic carbocycles. The number of carbonyl (C=O) groups is 1. The van der Waals surface area contributed by atoms with Crippen LogP contribution in [0, 0.1) is 11.8 Å². The van der Waals surface area contributed by atoms with E-state index in [1.54, 1.807) is 0 Å². The molecule has 1 fully saturated rings. The maximum Gasteiger partial charge on any atom is 0.308 e. The molecule has 20 heavy (non-hydrogen) atoms. The predicted molar refractivity (Wildman–Crippen MR) is 84.1 cm³/mol. The van der Waals surface area contributed by atoms with Gasteiger partial charge >= 0.3 is 5.97 Å². The van der Waals surface area contributed by atoms with Gasteiger partial charge in [0.1, 0.15) is 0 Å². The van der Waals surface area contributed by atoms with Gasteiger partial charge in [-0.15, -0.1) is 11.8 Å². The van der Waals surface area contributed by atoms with Crippen LogP contribution in [0.4, 0.5) is 0 Å². The van der Waals surface area contributed by atoms with Gasteiger partial charge in [0.05, 0.1) is 13.0 Å². The fourth-order valence-electron chi connectivity index (χ4n) is 2.85. The van der Waals surface area contributed by atoms with Gasteiger partial charge in [-0.2, -0.15) is 0 Å². The predicted octanol–water partition coefficient (Wildman–Crippen LogP) is 4.49. The van der Waals surface area contributed by atoms with Gasteiger partial charge in [-0.3, -0.25) is 4.79 Å². The second kappa shape index (κ2) is 7.16. The van der Waals surface area contributed by atoms with Gasteiger partial charge < -0.3 is 4.74 Å². The van der Waals surface area contributed by atoms with Gasteiger partial charge in [0, 0.05) is 4.90 Å². The van der Waals surface area contributed by atoms with Gasteiger partial charge in [0.2, 0.25) is 0 Å². The van der Waals surface area contributed by atoms with Crippen LogP contribution in [0.3, 0.4) is 0 Å². The quantitative estimate of drug-likeness (QED) is 0.547. The number of esters is 1. The van der Waals surface area contributed by atoms with Crippen LogP contribution in [-0.4, -0.2) is 18.8 Å². The molecule has 1 aromatic rings. The molecule has 1 aliphatic rings. The molecule has 1 aromatic carbocycles. The largest absolute Gasteiger partial charge is 0.469 e. The minimum atomic E-state index is -0.0282. The van der Waals surface area contributed by atoms with E-state index in [2.05, 4.69) is 38.1 Å². The third-order valence-corrected chi connectivity index (χ3v) is 5.06. The van der Waals surface area contributed by atoms with Crippen molar-refractivity contribution in [1.29, 1.82) is 0 Å². The van der Waals surface area contributed by atoms with Crippen LogP contribution in [0.1, 0.15) is 44.6 Å². The summed E-state index contributed by atoms with van der Waals surface area (Å²) in [5, 5.41) is 0. The number of rotatable bonds is 7. The van der Waals surface area contributed by atoms with Crippen LogP contribution in [0.2, 0.25) is 0 Å². The Bertz CT molecular complexity index is 441. The van der Waals surface area contributed by atoms with Crippen molar-refractivity contribution in [2.75, 3.05) is 12.9 Å². The van der Waals surface area contributed by atoms with E-state index in [9.17, 15) is 4.79 Å². The average Bonchev–Trinajstić information content (AvgIpc) is 3.24. The van der Waals surface area contributed by atoms with Crippen molar-refractivity contribution in [3.8, 4) is 0 Å². The van der Waals surface area contributed by atoms with Crippen molar-refractivity contribution in [2.24, 2.45) is 11.8 Å². The maximum absolute atomic E-state index is 11.5.